The summed E-state index contributed by atoms with van der Waals surface area (Å²) in [6.45, 7) is 2.24. The Labute approximate surface area is 89.8 Å². The molecule has 0 fully saturated rings. The van der Waals surface area contributed by atoms with E-state index < -0.39 is 0 Å². The van der Waals surface area contributed by atoms with Crippen molar-refractivity contribution in [2.45, 2.75) is 32.2 Å². The van der Waals surface area contributed by atoms with E-state index in [0.717, 1.165) is 12.1 Å². The maximum Gasteiger partial charge on any atom is 0.305 e. The van der Waals surface area contributed by atoms with Crippen molar-refractivity contribution in [1.82, 2.24) is 4.98 Å². The lowest BCUT2D eigenvalue weighted by Gasteiger charge is -2.09. The quantitative estimate of drug-likeness (QED) is 0.694. The van der Waals surface area contributed by atoms with Crippen molar-refractivity contribution < 1.29 is 9.53 Å². The van der Waals surface area contributed by atoms with E-state index in [9.17, 15) is 4.79 Å². The number of ether oxygens (including phenoxy) is 1. The second kappa shape index (κ2) is 6.24. The number of carbonyl (C=O) groups excluding carboxylic acids is 1. The van der Waals surface area contributed by atoms with Gasteiger partial charge in [-0.25, -0.2) is 0 Å². The van der Waals surface area contributed by atoms with Gasteiger partial charge in [0.1, 0.15) is 0 Å². The van der Waals surface area contributed by atoms with Gasteiger partial charge in [-0.1, -0.05) is 0 Å². The highest BCUT2D eigenvalue weighted by atomic mass is 16.5. The Morgan fingerprint density at radius 1 is 1.67 bits per heavy atom. The molecular weight excluding hydrogens is 192 g/mol. The first-order valence-electron chi connectivity index (χ1n) is 5.25. The van der Waals surface area contributed by atoms with Gasteiger partial charge >= 0.3 is 5.97 Å². The molecule has 15 heavy (non-hydrogen) atoms. The zero-order chi connectivity index (χ0) is 11.1. The topological polar surface area (TPSA) is 68.1 Å². The number of aromatic amines is 1. The van der Waals surface area contributed by atoms with E-state index in [1.807, 2.05) is 18.3 Å². The Morgan fingerprint density at radius 2 is 2.47 bits per heavy atom. The van der Waals surface area contributed by atoms with Crippen LogP contribution in [0.1, 0.15) is 25.5 Å². The third-order valence-corrected chi connectivity index (χ3v) is 2.17. The predicted octanol–water partition coefficient (Wildman–Crippen LogP) is 1.23. The van der Waals surface area contributed by atoms with Crippen LogP contribution >= 0.6 is 0 Å². The molecule has 1 rings (SSSR count). The summed E-state index contributed by atoms with van der Waals surface area (Å²) in [4.78, 5) is 14.1. The summed E-state index contributed by atoms with van der Waals surface area (Å²) in [6, 6.07) is 3.94. The molecule has 1 unspecified atom stereocenters. The van der Waals surface area contributed by atoms with Gasteiger partial charge in [0.15, 0.2) is 0 Å². The van der Waals surface area contributed by atoms with E-state index in [-0.39, 0.29) is 12.0 Å². The molecule has 1 aromatic rings. The lowest BCUT2D eigenvalue weighted by molar-refractivity contribution is -0.143. The summed E-state index contributed by atoms with van der Waals surface area (Å²) in [5.41, 5.74) is 6.98. The summed E-state index contributed by atoms with van der Waals surface area (Å²) >= 11 is 0. The molecule has 4 heteroatoms. The minimum atomic E-state index is -0.167. The summed E-state index contributed by atoms with van der Waals surface area (Å²) in [5.74, 6) is -0.167. The maximum absolute atomic E-state index is 11.1. The third kappa shape index (κ3) is 4.65. The number of nitrogens with two attached hydrogens (primary N) is 1. The zero-order valence-corrected chi connectivity index (χ0v) is 9.03. The zero-order valence-electron chi connectivity index (χ0n) is 9.03. The average Bonchev–Trinajstić information content (AvgIpc) is 2.68. The number of rotatable bonds is 6. The highest BCUT2D eigenvalue weighted by Crippen LogP contribution is 2.04. The monoisotopic (exact) mass is 210 g/mol. The Hall–Kier alpha value is -1.29. The van der Waals surface area contributed by atoms with Gasteiger partial charge in [0.2, 0.25) is 0 Å². The Morgan fingerprint density at radius 3 is 3.07 bits per heavy atom. The van der Waals surface area contributed by atoms with E-state index in [2.05, 4.69) is 4.98 Å². The molecule has 84 valence electrons. The second-order valence-electron chi connectivity index (χ2n) is 3.50. The Balaban J connectivity index is 2.19. The number of H-pyrrole nitrogens is 1. The summed E-state index contributed by atoms with van der Waals surface area (Å²) in [6.07, 6.45) is 3.70. The maximum atomic E-state index is 11.1. The molecule has 3 N–H and O–H groups in total. The minimum absolute atomic E-state index is 0.00746. The van der Waals surface area contributed by atoms with Gasteiger partial charge in [-0.15, -0.1) is 0 Å². The Bertz CT molecular complexity index is 283. The van der Waals surface area contributed by atoms with Crippen LogP contribution in [0, 0.1) is 0 Å². The van der Waals surface area contributed by atoms with E-state index in [4.69, 9.17) is 10.5 Å². The Kier molecular flexibility index (Phi) is 4.90. The van der Waals surface area contributed by atoms with Gasteiger partial charge in [0.25, 0.3) is 0 Å². The van der Waals surface area contributed by atoms with Crippen LogP contribution in [0.2, 0.25) is 0 Å². The van der Waals surface area contributed by atoms with Crippen LogP contribution in [0.3, 0.4) is 0 Å². The number of nitrogens with one attached hydrogen (secondary N) is 1. The molecular formula is C11H18N2O2. The molecule has 0 radical (unpaired) electrons. The number of hydrogen-bond donors (Lipinski definition) is 2. The van der Waals surface area contributed by atoms with Crippen LogP contribution in [-0.4, -0.2) is 23.6 Å². The molecule has 0 amide bonds. The first-order valence-corrected chi connectivity index (χ1v) is 5.25. The van der Waals surface area contributed by atoms with Gasteiger partial charge in [-0.2, -0.15) is 0 Å². The summed E-state index contributed by atoms with van der Waals surface area (Å²) in [7, 11) is 0. The van der Waals surface area contributed by atoms with Crippen molar-refractivity contribution in [3.8, 4) is 0 Å². The van der Waals surface area contributed by atoms with Gasteiger partial charge in [0, 0.05) is 30.8 Å². The average molecular weight is 210 g/mol. The van der Waals surface area contributed by atoms with Gasteiger partial charge < -0.3 is 15.5 Å². The molecule has 1 heterocycles. The first kappa shape index (κ1) is 11.8. The van der Waals surface area contributed by atoms with Crippen molar-refractivity contribution in [2.75, 3.05) is 6.61 Å². The van der Waals surface area contributed by atoms with Crippen molar-refractivity contribution in [1.29, 1.82) is 0 Å². The van der Waals surface area contributed by atoms with Gasteiger partial charge in [-0.3, -0.25) is 4.79 Å². The summed E-state index contributed by atoms with van der Waals surface area (Å²) in [5, 5.41) is 0. The van der Waals surface area contributed by atoms with Crippen molar-refractivity contribution >= 4 is 5.97 Å². The fourth-order valence-electron chi connectivity index (χ4n) is 1.42. The largest absolute Gasteiger partial charge is 0.466 e. The normalized spacial score (nSPS) is 12.4. The van der Waals surface area contributed by atoms with E-state index >= 15 is 0 Å². The molecule has 1 aromatic heterocycles. The fourth-order valence-corrected chi connectivity index (χ4v) is 1.42. The van der Waals surface area contributed by atoms with Crippen LogP contribution in [0.25, 0.3) is 0 Å². The third-order valence-electron chi connectivity index (χ3n) is 2.17. The number of carbonyl (C=O) groups is 1. The summed E-state index contributed by atoms with van der Waals surface area (Å²) < 4.78 is 4.83. The lowest BCUT2D eigenvalue weighted by atomic mass is 10.1. The van der Waals surface area contributed by atoms with Gasteiger partial charge in [0.05, 0.1) is 6.61 Å². The number of hydrogen-bond acceptors (Lipinski definition) is 3. The molecule has 0 saturated carbocycles. The number of aromatic nitrogens is 1. The van der Waals surface area contributed by atoms with Crippen LogP contribution in [0.5, 0.6) is 0 Å². The molecule has 0 saturated heterocycles. The van der Waals surface area contributed by atoms with Crippen molar-refractivity contribution in [3.05, 3.63) is 24.0 Å². The molecule has 0 bridgehead atoms. The van der Waals surface area contributed by atoms with Crippen LogP contribution < -0.4 is 5.73 Å². The fraction of sp³-hybridized carbons (Fsp3) is 0.545. The second-order valence-corrected chi connectivity index (χ2v) is 3.50. The molecule has 0 spiro atoms. The minimum Gasteiger partial charge on any atom is -0.466 e. The highest BCUT2D eigenvalue weighted by Gasteiger charge is 2.08. The molecule has 0 aromatic carbocycles. The lowest BCUT2D eigenvalue weighted by Crippen LogP contribution is -2.24. The molecule has 0 aliphatic carbocycles. The van der Waals surface area contributed by atoms with E-state index in [1.165, 1.54) is 0 Å². The SMILES string of the molecule is CCOC(=O)CCC(N)Cc1ccc[nH]1. The molecule has 1 atom stereocenters. The van der Waals surface area contributed by atoms with Crippen LogP contribution in [0.4, 0.5) is 0 Å². The van der Waals surface area contributed by atoms with Crippen molar-refractivity contribution in [3.63, 3.8) is 0 Å². The van der Waals surface area contributed by atoms with Crippen molar-refractivity contribution in [2.24, 2.45) is 5.73 Å². The number of esters is 1. The van der Waals surface area contributed by atoms with Crippen LogP contribution in [-0.2, 0) is 16.0 Å². The predicted molar refractivity (Wildman–Crippen MR) is 58.3 cm³/mol. The van der Waals surface area contributed by atoms with E-state index in [0.29, 0.717) is 19.4 Å². The molecule has 4 nitrogen and oxygen atoms in total. The van der Waals surface area contributed by atoms with Gasteiger partial charge in [-0.05, 0) is 25.5 Å². The smallest absolute Gasteiger partial charge is 0.305 e. The molecule has 0 aliphatic heterocycles. The van der Waals surface area contributed by atoms with E-state index in [1.54, 1.807) is 6.92 Å². The first-order chi connectivity index (χ1) is 7.22. The molecule has 0 aliphatic rings. The highest BCUT2D eigenvalue weighted by molar-refractivity contribution is 5.69. The standard InChI is InChI=1S/C11H18N2O2/c1-2-15-11(14)6-5-9(12)8-10-4-3-7-13-10/h3-4,7,9,13H,2,5-6,8,12H2,1H3. The van der Waals surface area contributed by atoms with Crippen LogP contribution in [0.15, 0.2) is 18.3 Å².